The molecule has 2 bridgehead atoms. The Kier molecular flexibility index (Phi) is 6.22. The highest BCUT2D eigenvalue weighted by Crippen LogP contribution is 2.39. The topological polar surface area (TPSA) is 55.5 Å². The van der Waals surface area contributed by atoms with E-state index in [0.29, 0.717) is 18.4 Å². The second-order valence-corrected chi connectivity index (χ2v) is 10.4. The Morgan fingerprint density at radius 2 is 1.44 bits per heavy atom. The first kappa shape index (κ1) is 23.2. The number of rotatable bonds is 8. The molecule has 4 aromatic rings. The number of hydrogen-bond donors (Lipinski definition) is 1. The van der Waals surface area contributed by atoms with Crippen molar-refractivity contribution in [1.29, 1.82) is 0 Å². The maximum atomic E-state index is 12.0. The van der Waals surface area contributed by atoms with Crippen molar-refractivity contribution in [1.82, 2.24) is 4.98 Å². The second-order valence-electron chi connectivity index (χ2n) is 10.4. The van der Waals surface area contributed by atoms with Crippen LogP contribution in [0.15, 0.2) is 102 Å². The highest BCUT2D eigenvalue weighted by Gasteiger charge is 2.47. The van der Waals surface area contributed by atoms with Gasteiger partial charge < -0.3 is 18.7 Å². The minimum Gasteiger partial charge on any atom is -0.436 e. The number of aliphatic hydroxyl groups is 1. The summed E-state index contributed by atoms with van der Waals surface area (Å²) in [5.74, 6) is 1.77. The zero-order valence-electron chi connectivity index (χ0n) is 20.5. The van der Waals surface area contributed by atoms with Crippen molar-refractivity contribution in [3.05, 3.63) is 126 Å². The first-order valence-corrected chi connectivity index (χ1v) is 12.9. The van der Waals surface area contributed by atoms with Crippen molar-refractivity contribution in [2.24, 2.45) is 5.92 Å². The summed E-state index contributed by atoms with van der Waals surface area (Å²) in [6.07, 6.45) is 4.43. The molecule has 184 valence electrons. The van der Waals surface area contributed by atoms with Gasteiger partial charge >= 0.3 is 0 Å². The average Bonchev–Trinajstić information content (AvgIpc) is 3.42. The largest absolute Gasteiger partial charge is 0.436 e. The summed E-state index contributed by atoms with van der Waals surface area (Å²) >= 11 is 0. The van der Waals surface area contributed by atoms with Crippen LogP contribution in [-0.2, 0) is 23.5 Å². The van der Waals surface area contributed by atoms with Crippen LogP contribution in [0.2, 0.25) is 0 Å². The molecule has 0 amide bonds. The Morgan fingerprint density at radius 1 is 0.861 bits per heavy atom. The highest BCUT2D eigenvalue weighted by molar-refractivity contribution is 5.41. The van der Waals surface area contributed by atoms with Crippen molar-refractivity contribution >= 4 is 0 Å². The van der Waals surface area contributed by atoms with Gasteiger partial charge in [-0.3, -0.25) is 0 Å². The van der Waals surface area contributed by atoms with Crippen LogP contribution in [0, 0.1) is 5.92 Å². The summed E-state index contributed by atoms with van der Waals surface area (Å²) in [5.41, 5.74) is 1.26. The predicted molar refractivity (Wildman–Crippen MR) is 138 cm³/mol. The van der Waals surface area contributed by atoms with Crippen molar-refractivity contribution in [3.63, 3.8) is 0 Å². The van der Waals surface area contributed by atoms with Crippen LogP contribution in [0.5, 0.6) is 0 Å². The molecule has 4 heterocycles. The molecule has 1 unspecified atom stereocenters. The molecule has 3 fully saturated rings. The summed E-state index contributed by atoms with van der Waals surface area (Å²) in [5, 5.41) is 12.0. The quantitative estimate of drug-likeness (QED) is 0.348. The van der Waals surface area contributed by atoms with E-state index in [9.17, 15) is 5.11 Å². The van der Waals surface area contributed by atoms with Gasteiger partial charge in [-0.05, 0) is 16.7 Å². The Hall–Kier alpha value is -3.25. The van der Waals surface area contributed by atoms with Crippen LogP contribution >= 0.6 is 0 Å². The van der Waals surface area contributed by atoms with Gasteiger partial charge in [0.05, 0.1) is 25.9 Å². The van der Waals surface area contributed by atoms with Crippen molar-refractivity contribution in [2.75, 3.05) is 19.6 Å². The van der Waals surface area contributed by atoms with Crippen molar-refractivity contribution < 1.29 is 18.7 Å². The van der Waals surface area contributed by atoms with Gasteiger partial charge in [0.2, 0.25) is 5.89 Å². The first-order valence-electron chi connectivity index (χ1n) is 12.9. The third-order valence-electron chi connectivity index (χ3n) is 8.09. The predicted octanol–water partition coefficient (Wildman–Crippen LogP) is 5.28. The third-order valence-corrected chi connectivity index (χ3v) is 8.09. The smallest absolute Gasteiger partial charge is 0.236 e. The van der Waals surface area contributed by atoms with Crippen LogP contribution in [0.4, 0.5) is 0 Å². The summed E-state index contributed by atoms with van der Waals surface area (Å²) in [4.78, 5) is 4.62. The second kappa shape index (κ2) is 9.66. The van der Waals surface area contributed by atoms with Crippen molar-refractivity contribution in [3.8, 4) is 0 Å². The minimum absolute atomic E-state index is 0.265. The standard InChI is InChI=1S/C31H33N2O3/c34-31(26-12-6-2-7-13-26,27-14-8-3-9-15-27)30-32-20-28(36-30)21-33-18-16-25(17-19-33)29(22-33)35-23-24-10-4-1-5-11-24/h1-15,20,25,29,34H,16-19,21-23H2/q+1. The van der Waals surface area contributed by atoms with E-state index >= 15 is 0 Å². The van der Waals surface area contributed by atoms with Crippen molar-refractivity contribution in [2.45, 2.75) is 37.7 Å². The van der Waals surface area contributed by atoms with Gasteiger partial charge in [-0.25, -0.2) is 4.98 Å². The van der Waals surface area contributed by atoms with Crippen LogP contribution in [-0.4, -0.2) is 40.3 Å². The molecule has 5 nitrogen and oxygen atoms in total. The number of fused-ring (bicyclic) bond motifs is 3. The Bertz CT molecular complexity index is 1230. The van der Waals surface area contributed by atoms with Crippen LogP contribution in [0.25, 0.3) is 0 Å². The number of aromatic nitrogens is 1. The molecule has 36 heavy (non-hydrogen) atoms. The van der Waals surface area contributed by atoms with Crippen LogP contribution in [0.3, 0.4) is 0 Å². The summed E-state index contributed by atoms with van der Waals surface area (Å²) < 4.78 is 13.7. The van der Waals surface area contributed by atoms with Crippen LogP contribution < -0.4 is 0 Å². The summed E-state index contributed by atoms with van der Waals surface area (Å²) in [6, 6.07) is 29.7. The highest BCUT2D eigenvalue weighted by atomic mass is 16.5. The Balaban J connectivity index is 1.23. The van der Waals surface area contributed by atoms with Gasteiger partial charge in [-0.15, -0.1) is 0 Å². The van der Waals surface area contributed by atoms with Gasteiger partial charge in [-0.1, -0.05) is 91.0 Å². The van der Waals surface area contributed by atoms with E-state index in [4.69, 9.17) is 9.15 Å². The molecule has 7 rings (SSSR count). The fourth-order valence-corrected chi connectivity index (χ4v) is 6.06. The molecule has 5 heteroatoms. The number of ether oxygens (including phenoxy) is 1. The molecule has 3 aliphatic heterocycles. The number of piperidine rings is 3. The number of hydrogen-bond acceptors (Lipinski definition) is 4. The Labute approximate surface area is 212 Å². The molecule has 0 spiro atoms. The summed E-state index contributed by atoms with van der Waals surface area (Å²) in [7, 11) is 0. The lowest BCUT2D eigenvalue weighted by Gasteiger charge is -2.52. The maximum absolute atomic E-state index is 12.0. The maximum Gasteiger partial charge on any atom is 0.236 e. The molecular weight excluding hydrogens is 448 g/mol. The SMILES string of the molecule is OC(c1ccccc1)(c1ccccc1)c1ncc(C[N+]23CCC(CC2)C(OCc2ccccc2)C3)o1. The molecule has 0 radical (unpaired) electrons. The van der Waals surface area contributed by atoms with E-state index < -0.39 is 5.60 Å². The molecule has 3 aliphatic rings. The zero-order valence-corrected chi connectivity index (χ0v) is 20.5. The number of quaternary nitrogens is 1. The molecule has 0 aliphatic carbocycles. The number of benzene rings is 3. The molecule has 1 N–H and O–H groups in total. The monoisotopic (exact) mass is 481 g/mol. The lowest BCUT2D eigenvalue weighted by Crippen LogP contribution is -2.63. The third kappa shape index (κ3) is 4.39. The van der Waals surface area contributed by atoms with Gasteiger partial charge in [0.1, 0.15) is 19.2 Å². The normalized spacial score (nSPS) is 23.6. The molecule has 3 aromatic carbocycles. The lowest BCUT2D eigenvalue weighted by molar-refractivity contribution is -0.959. The van der Waals surface area contributed by atoms with E-state index in [1.54, 1.807) is 6.20 Å². The molecule has 3 saturated heterocycles. The molecule has 1 aromatic heterocycles. The van der Waals surface area contributed by atoms with Crippen LogP contribution in [0.1, 0.15) is 41.2 Å². The number of nitrogens with zero attached hydrogens (tertiary/aromatic N) is 2. The lowest BCUT2D eigenvalue weighted by atomic mass is 9.83. The molecular formula is C31H33N2O3+. The average molecular weight is 482 g/mol. The van der Waals surface area contributed by atoms with E-state index in [0.717, 1.165) is 47.5 Å². The fraction of sp³-hybridized carbons (Fsp3) is 0.323. The van der Waals surface area contributed by atoms with E-state index in [2.05, 4.69) is 29.2 Å². The van der Waals surface area contributed by atoms with Gasteiger partial charge in [-0.2, -0.15) is 0 Å². The van der Waals surface area contributed by atoms with E-state index in [1.165, 1.54) is 18.4 Å². The van der Waals surface area contributed by atoms with Gasteiger partial charge in [0, 0.05) is 18.8 Å². The van der Waals surface area contributed by atoms with E-state index in [1.807, 2.05) is 66.7 Å². The van der Waals surface area contributed by atoms with Gasteiger partial charge in [0.25, 0.3) is 0 Å². The molecule has 1 atom stereocenters. The number of oxazole rings is 1. The Morgan fingerprint density at radius 3 is 2.06 bits per heavy atom. The van der Waals surface area contributed by atoms with E-state index in [-0.39, 0.29) is 6.10 Å². The molecule has 0 saturated carbocycles. The summed E-state index contributed by atoms with van der Waals surface area (Å²) in [6.45, 7) is 4.69. The fourth-order valence-electron chi connectivity index (χ4n) is 6.06. The first-order chi connectivity index (χ1) is 17.6. The zero-order chi connectivity index (χ0) is 24.4. The van der Waals surface area contributed by atoms with Gasteiger partial charge in [0.15, 0.2) is 11.4 Å². The minimum atomic E-state index is -1.45.